The minimum atomic E-state index is -0.407. The smallest absolute Gasteiger partial charge is 0.291 e. The number of hydrogen-bond donors (Lipinski definition) is 2. The van der Waals surface area contributed by atoms with Crippen LogP contribution in [0.1, 0.15) is 47.0 Å². The summed E-state index contributed by atoms with van der Waals surface area (Å²) in [5, 5.41) is 15.7. The van der Waals surface area contributed by atoms with Crippen LogP contribution in [-0.4, -0.2) is 29.3 Å². The molecule has 0 aliphatic carbocycles. The van der Waals surface area contributed by atoms with Crippen molar-refractivity contribution in [2.75, 3.05) is 13.2 Å². The molecule has 0 unspecified atom stereocenters. The highest BCUT2D eigenvalue weighted by Crippen LogP contribution is 2.38. The van der Waals surface area contributed by atoms with E-state index < -0.39 is 5.91 Å². The quantitative estimate of drug-likeness (QED) is 0.422. The third-order valence-corrected chi connectivity index (χ3v) is 5.72. The number of nitrogens with one attached hydrogen (secondary N) is 1. The number of aliphatic hydroxyl groups excluding tert-OH is 1. The van der Waals surface area contributed by atoms with Crippen molar-refractivity contribution in [3.05, 3.63) is 68.5 Å². The second kappa shape index (κ2) is 10.1. The van der Waals surface area contributed by atoms with Crippen molar-refractivity contribution in [1.29, 1.82) is 0 Å². The van der Waals surface area contributed by atoms with E-state index in [1.807, 2.05) is 36.4 Å². The lowest BCUT2D eigenvalue weighted by molar-refractivity contribution is 0.0906. The molecule has 2 aromatic carbocycles. The van der Waals surface area contributed by atoms with Crippen LogP contribution in [0.15, 0.2) is 47.0 Å². The van der Waals surface area contributed by atoms with Crippen LogP contribution in [0.25, 0.3) is 11.3 Å². The van der Waals surface area contributed by atoms with E-state index in [4.69, 9.17) is 14.4 Å². The Balaban J connectivity index is 2.00. The molecule has 0 saturated carbocycles. The van der Waals surface area contributed by atoms with Gasteiger partial charge in [-0.05, 0) is 64.3 Å². The first-order valence-corrected chi connectivity index (χ1v) is 10.9. The van der Waals surface area contributed by atoms with Gasteiger partial charge in [0.25, 0.3) is 5.91 Å². The van der Waals surface area contributed by atoms with E-state index >= 15 is 0 Å². The summed E-state index contributed by atoms with van der Waals surface area (Å²) in [6.07, 6.45) is 0. The minimum Gasteiger partial charge on any atom is -0.488 e. The van der Waals surface area contributed by atoms with Gasteiger partial charge in [-0.2, -0.15) is 0 Å². The summed E-state index contributed by atoms with van der Waals surface area (Å²) in [6, 6.07) is 14.0. The molecule has 0 radical (unpaired) electrons. The average Bonchev–Trinajstić information content (AvgIpc) is 3.12. The van der Waals surface area contributed by atoms with Crippen LogP contribution in [0.3, 0.4) is 0 Å². The van der Waals surface area contributed by atoms with E-state index in [1.165, 1.54) is 5.56 Å². The SMILES string of the molecule is Cc1cc(OCc2ccccc2)c(-c2noc(C(=O)NCCO)c2I)cc1C(C)C. The fourth-order valence-corrected chi connectivity index (χ4v) is 3.93. The molecule has 7 heteroatoms. The maximum Gasteiger partial charge on any atom is 0.291 e. The van der Waals surface area contributed by atoms with Crippen LogP contribution < -0.4 is 10.1 Å². The first kappa shape index (κ1) is 22.3. The van der Waals surface area contributed by atoms with E-state index in [9.17, 15) is 4.79 Å². The Morgan fingerprint density at radius 1 is 1.27 bits per heavy atom. The number of benzene rings is 2. The lowest BCUT2D eigenvalue weighted by Gasteiger charge is -2.16. The second-order valence-corrected chi connectivity index (χ2v) is 8.37. The predicted octanol–water partition coefficient (Wildman–Crippen LogP) is 4.68. The van der Waals surface area contributed by atoms with E-state index in [1.54, 1.807) is 0 Å². The maximum absolute atomic E-state index is 12.3. The van der Waals surface area contributed by atoms with Gasteiger partial charge in [0.05, 0.1) is 10.2 Å². The molecule has 1 heterocycles. The van der Waals surface area contributed by atoms with Gasteiger partial charge in [0.15, 0.2) is 0 Å². The summed E-state index contributed by atoms with van der Waals surface area (Å²) in [5.74, 6) is 0.730. The number of aliphatic hydroxyl groups is 1. The number of aromatic nitrogens is 1. The largest absolute Gasteiger partial charge is 0.488 e. The third-order valence-electron chi connectivity index (χ3n) is 4.72. The number of carbonyl (C=O) groups is 1. The molecule has 3 aromatic rings. The van der Waals surface area contributed by atoms with Gasteiger partial charge in [-0.15, -0.1) is 0 Å². The molecule has 2 N–H and O–H groups in total. The molecule has 158 valence electrons. The second-order valence-electron chi connectivity index (χ2n) is 7.29. The van der Waals surface area contributed by atoms with E-state index in [0.29, 0.717) is 27.5 Å². The van der Waals surface area contributed by atoms with Gasteiger partial charge in [0.2, 0.25) is 5.76 Å². The molecule has 6 nitrogen and oxygen atoms in total. The summed E-state index contributed by atoms with van der Waals surface area (Å²) in [5.41, 5.74) is 4.73. The monoisotopic (exact) mass is 520 g/mol. The lowest BCUT2D eigenvalue weighted by atomic mass is 9.94. The predicted molar refractivity (Wildman–Crippen MR) is 124 cm³/mol. The highest BCUT2D eigenvalue weighted by Gasteiger charge is 2.24. The fourth-order valence-electron chi connectivity index (χ4n) is 3.20. The number of halogens is 1. The summed E-state index contributed by atoms with van der Waals surface area (Å²) in [4.78, 5) is 12.3. The zero-order chi connectivity index (χ0) is 21.7. The molecular weight excluding hydrogens is 495 g/mol. The molecule has 0 saturated heterocycles. The molecule has 0 spiro atoms. The van der Waals surface area contributed by atoms with Gasteiger partial charge in [-0.1, -0.05) is 49.3 Å². The minimum absolute atomic E-state index is 0.125. The first-order chi connectivity index (χ1) is 14.4. The number of rotatable bonds is 8. The highest BCUT2D eigenvalue weighted by molar-refractivity contribution is 14.1. The van der Waals surface area contributed by atoms with Crippen LogP contribution >= 0.6 is 22.6 Å². The topological polar surface area (TPSA) is 84.6 Å². The van der Waals surface area contributed by atoms with Crippen LogP contribution in [0, 0.1) is 10.5 Å². The summed E-state index contributed by atoms with van der Waals surface area (Å²) in [6.45, 7) is 6.77. The molecule has 0 bridgehead atoms. The number of amides is 1. The van der Waals surface area contributed by atoms with Crippen molar-refractivity contribution in [2.45, 2.75) is 33.3 Å². The Kier molecular flexibility index (Phi) is 7.49. The first-order valence-electron chi connectivity index (χ1n) is 9.78. The summed E-state index contributed by atoms with van der Waals surface area (Å²) >= 11 is 2.07. The van der Waals surface area contributed by atoms with Gasteiger partial charge in [-0.3, -0.25) is 4.79 Å². The van der Waals surface area contributed by atoms with Crippen molar-refractivity contribution < 1.29 is 19.2 Å². The molecule has 0 aliphatic rings. The standard InChI is InChI=1S/C23H25IN2O4/c1-14(2)17-12-18(21-20(24)22(30-26-21)23(28)25-9-10-27)19(11-15(17)3)29-13-16-7-5-4-6-8-16/h4-8,11-12,14,27H,9-10,13H2,1-3H3,(H,25,28). The Morgan fingerprint density at radius 2 is 2.00 bits per heavy atom. The maximum atomic E-state index is 12.3. The number of nitrogens with zero attached hydrogens (tertiary/aromatic N) is 1. The van der Waals surface area contributed by atoms with Crippen molar-refractivity contribution in [1.82, 2.24) is 10.5 Å². The molecule has 0 atom stereocenters. The Bertz CT molecular complexity index is 1020. The molecule has 30 heavy (non-hydrogen) atoms. The van der Waals surface area contributed by atoms with Crippen molar-refractivity contribution >= 4 is 28.5 Å². The molecule has 1 amide bonds. The summed E-state index contributed by atoms with van der Waals surface area (Å²) in [7, 11) is 0. The van der Waals surface area contributed by atoms with Gasteiger partial charge in [0.1, 0.15) is 18.1 Å². The van der Waals surface area contributed by atoms with Crippen LogP contribution in [0.2, 0.25) is 0 Å². The molecular formula is C23H25IN2O4. The third kappa shape index (κ3) is 5.02. The van der Waals surface area contributed by atoms with Crippen LogP contribution in [0.4, 0.5) is 0 Å². The van der Waals surface area contributed by atoms with E-state index in [2.05, 4.69) is 59.9 Å². The highest BCUT2D eigenvalue weighted by atomic mass is 127. The molecule has 3 rings (SSSR count). The zero-order valence-corrected chi connectivity index (χ0v) is 19.4. The number of carbonyl (C=O) groups excluding carboxylic acids is 1. The molecule has 0 fully saturated rings. The van der Waals surface area contributed by atoms with Gasteiger partial charge in [0, 0.05) is 12.1 Å². The Morgan fingerprint density at radius 3 is 2.67 bits per heavy atom. The molecule has 1 aromatic heterocycles. The van der Waals surface area contributed by atoms with Crippen LogP contribution in [0.5, 0.6) is 5.75 Å². The van der Waals surface area contributed by atoms with Crippen molar-refractivity contribution in [3.63, 3.8) is 0 Å². The van der Waals surface area contributed by atoms with Crippen molar-refractivity contribution in [2.24, 2.45) is 0 Å². The van der Waals surface area contributed by atoms with Gasteiger partial charge in [-0.25, -0.2) is 0 Å². The Hall–Kier alpha value is -2.39. The fraction of sp³-hybridized carbons (Fsp3) is 0.304. The van der Waals surface area contributed by atoms with Gasteiger partial charge >= 0.3 is 0 Å². The normalized spacial score (nSPS) is 11.0. The van der Waals surface area contributed by atoms with E-state index in [0.717, 1.165) is 16.7 Å². The van der Waals surface area contributed by atoms with Crippen molar-refractivity contribution in [3.8, 4) is 17.0 Å². The van der Waals surface area contributed by atoms with Gasteiger partial charge < -0.3 is 19.7 Å². The van der Waals surface area contributed by atoms with E-state index in [-0.39, 0.29) is 18.9 Å². The average molecular weight is 520 g/mol. The number of aryl methyl sites for hydroxylation is 1. The lowest BCUT2D eigenvalue weighted by Crippen LogP contribution is -2.26. The number of ether oxygens (including phenoxy) is 1. The van der Waals surface area contributed by atoms with Crippen LogP contribution in [-0.2, 0) is 6.61 Å². The summed E-state index contributed by atoms with van der Waals surface area (Å²) < 4.78 is 12.1. The Labute approximate surface area is 189 Å². The molecule has 0 aliphatic heterocycles. The zero-order valence-electron chi connectivity index (χ0n) is 17.2. The number of hydrogen-bond acceptors (Lipinski definition) is 5.